The normalized spacial score (nSPS) is 13.3. The number of hydrogen-bond donors (Lipinski definition) is 0. The van der Waals surface area contributed by atoms with E-state index in [0.717, 1.165) is 12.8 Å². The van der Waals surface area contributed by atoms with Gasteiger partial charge < -0.3 is 4.74 Å². The molecule has 0 fully saturated rings. The summed E-state index contributed by atoms with van der Waals surface area (Å²) < 4.78 is 5.94. The van der Waals surface area contributed by atoms with Gasteiger partial charge in [0.25, 0.3) is 0 Å². The predicted molar refractivity (Wildman–Crippen MR) is 142 cm³/mol. The minimum atomic E-state index is -0.00246. The maximum absolute atomic E-state index is 11.9. The predicted octanol–water partition coefficient (Wildman–Crippen LogP) is 9.95. The van der Waals surface area contributed by atoms with E-state index in [1.165, 1.54) is 116 Å². The van der Waals surface area contributed by atoms with Gasteiger partial charge in [0.05, 0.1) is 0 Å². The molecular weight excluding hydrogens is 483 g/mol. The van der Waals surface area contributed by atoms with Crippen molar-refractivity contribution < 1.29 is 9.53 Å². The quantitative estimate of drug-likeness (QED) is 0.0562. The van der Waals surface area contributed by atoms with Crippen LogP contribution in [0.5, 0.6) is 0 Å². The van der Waals surface area contributed by atoms with Crippen LogP contribution in [0.25, 0.3) is 0 Å². The van der Waals surface area contributed by atoms with E-state index in [1.807, 2.05) is 0 Å². The van der Waals surface area contributed by atoms with E-state index in [9.17, 15) is 4.79 Å². The van der Waals surface area contributed by atoms with Gasteiger partial charge in [0, 0.05) is 10.3 Å². The first kappa shape index (κ1) is 30.2. The van der Waals surface area contributed by atoms with Gasteiger partial charge in [-0.2, -0.15) is 0 Å². The lowest BCUT2D eigenvalue weighted by molar-refractivity contribution is -0.149. The summed E-state index contributed by atoms with van der Waals surface area (Å²) in [6, 6.07) is 0. The molecule has 0 rings (SSSR count). The van der Waals surface area contributed by atoms with Gasteiger partial charge >= 0.3 is 5.97 Å². The van der Waals surface area contributed by atoms with Crippen LogP contribution >= 0.6 is 22.6 Å². The number of rotatable bonds is 23. The summed E-state index contributed by atoms with van der Waals surface area (Å²) in [6.07, 6.45) is 27.8. The standard InChI is InChI=1S/C27H53IO2/c1-4-6-7-8-9-10-11-12-13-14-15-16-17-18-19-20-21-22-23-24-27(29)30-26(5-2)25(3)28/h25-26H,4-24H2,1-3H3. The molecule has 0 heterocycles. The molecule has 0 saturated carbocycles. The van der Waals surface area contributed by atoms with Gasteiger partial charge in [-0.15, -0.1) is 0 Å². The van der Waals surface area contributed by atoms with Crippen molar-refractivity contribution in [1.29, 1.82) is 0 Å². The molecule has 0 aromatic rings. The van der Waals surface area contributed by atoms with E-state index in [-0.39, 0.29) is 12.1 Å². The number of unbranched alkanes of at least 4 members (excludes halogenated alkanes) is 18. The van der Waals surface area contributed by atoms with Crippen LogP contribution in [0, 0.1) is 0 Å². The number of carbonyl (C=O) groups excluding carboxylic acids is 1. The molecule has 2 atom stereocenters. The van der Waals surface area contributed by atoms with Crippen molar-refractivity contribution in [2.75, 3.05) is 0 Å². The SMILES string of the molecule is CCCCCCCCCCCCCCCCCCCCCC(=O)OC(CC)C(C)I. The highest BCUT2D eigenvalue weighted by Crippen LogP contribution is 2.16. The summed E-state index contributed by atoms with van der Waals surface area (Å²) >= 11 is 2.35. The Hall–Kier alpha value is 0.200. The van der Waals surface area contributed by atoms with Crippen molar-refractivity contribution in [3.05, 3.63) is 0 Å². The van der Waals surface area contributed by atoms with E-state index in [1.54, 1.807) is 0 Å². The molecule has 3 heteroatoms. The fraction of sp³-hybridized carbons (Fsp3) is 0.963. The Bertz CT molecular complexity index is 357. The smallest absolute Gasteiger partial charge is 0.306 e. The number of ether oxygens (including phenoxy) is 1. The van der Waals surface area contributed by atoms with E-state index >= 15 is 0 Å². The summed E-state index contributed by atoms with van der Waals surface area (Å²) in [5, 5.41) is 0. The van der Waals surface area contributed by atoms with Crippen molar-refractivity contribution >= 4 is 28.6 Å². The second-order valence-electron chi connectivity index (χ2n) is 9.23. The van der Waals surface area contributed by atoms with Crippen LogP contribution in [-0.2, 0) is 9.53 Å². The fourth-order valence-electron chi connectivity index (χ4n) is 4.08. The Labute approximate surface area is 203 Å². The van der Waals surface area contributed by atoms with Gasteiger partial charge in [-0.3, -0.25) is 4.79 Å². The molecule has 0 amide bonds. The van der Waals surface area contributed by atoms with Crippen LogP contribution in [0.2, 0.25) is 0 Å². The largest absolute Gasteiger partial charge is 0.461 e. The fourth-order valence-corrected chi connectivity index (χ4v) is 4.73. The third-order valence-electron chi connectivity index (χ3n) is 6.18. The lowest BCUT2D eigenvalue weighted by Crippen LogP contribution is -2.24. The number of hydrogen-bond acceptors (Lipinski definition) is 2. The van der Waals surface area contributed by atoms with Crippen LogP contribution in [0.15, 0.2) is 0 Å². The monoisotopic (exact) mass is 536 g/mol. The minimum Gasteiger partial charge on any atom is -0.461 e. The van der Waals surface area contributed by atoms with Crippen LogP contribution in [0.4, 0.5) is 0 Å². The first-order valence-electron chi connectivity index (χ1n) is 13.4. The van der Waals surface area contributed by atoms with Crippen molar-refractivity contribution in [2.24, 2.45) is 0 Å². The topological polar surface area (TPSA) is 26.3 Å². The highest BCUT2D eigenvalue weighted by Gasteiger charge is 2.16. The van der Waals surface area contributed by atoms with E-state index < -0.39 is 0 Å². The van der Waals surface area contributed by atoms with Crippen molar-refractivity contribution in [3.63, 3.8) is 0 Å². The van der Waals surface area contributed by atoms with Crippen LogP contribution < -0.4 is 0 Å². The zero-order chi connectivity index (χ0) is 22.3. The lowest BCUT2D eigenvalue weighted by Gasteiger charge is -2.18. The Balaban J connectivity index is 3.20. The summed E-state index contributed by atoms with van der Waals surface area (Å²) in [6.45, 7) is 6.49. The molecule has 0 spiro atoms. The molecule has 0 saturated heterocycles. The molecule has 30 heavy (non-hydrogen) atoms. The van der Waals surface area contributed by atoms with E-state index in [0.29, 0.717) is 10.3 Å². The van der Waals surface area contributed by atoms with Crippen LogP contribution in [0.3, 0.4) is 0 Å². The Kier molecular flexibility index (Phi) is 24.0. The van der Waals surface area contributed by atoms with Gasteiger partial charge in [0.2, 0.25) is 0 Å². The molecule has 0 aromatic carbocycles. The average Bonchev–Trinajstić information content (AvgIpc) is 2.73. The van der Waals surface area contributed by atoms with Gasteiger partial charge in [-0.05, 0) is 19.8 Å². The molecular formula is C27H53IO2. The van der Waals surface area contributed by atoms with Crippen LogP contribution in [-0.4, -0.2) is 16.0 Å². The Morgan fingerprint density at radius 2 is 0.967 bits per heavy atom. The maximum Gasteiger partial charge on any atom is 0.306 e. The zero-order valence-electron chi connectivity index (χ0n) is 20.7. The second-order valence-corrected chi connectivity index (χ2v) is 11.2. The summed E-state index contributed by atoms with van der Waals surface area (Å²) in [7, 11) is 0. The molecule has 180 valence electrons. The number of carbonyl (C=O) groups is 1. The van der Waals surface area contributed by atoms with E-state index in [4.69, 9.17) is 4.74 Å². The maximum atomic E-state index is 11.9. The highest BCUT2D eigenvalue weighted by molar-refractivity contribution is 14.1. The van der Waals surface area contributed by atoms with Crippen molar-refractivity contribution in [2.45, 2.75) is 166 Å². The first-order valence-corrected chi connectivity index (χ1v) is 14.7. The Morgan fingerprint density at radius 3 is 1.27 bits per heavy atom. The minimum absolute atomic E-state index is 0.00246. The summed E-state index contributed by atoms with van der Waals surface area (Å²) in [5.74, 6) is -0.00246. The molecule has 0 N–H and O–H groups in total. The zero-order valence-corrected chi connectivity index (χ0v) is 22.9. The first-order chi connectivity index (χ1) is 14.6. The van der Waals surface area contributed by atoms with Crippen LogP contribution in [0.1, 0.15) is 156 Å². The third kappa shape index (κ3) is 21.4. The summed E-state index contributed by atoms with van der Waals surface area (Å²) in [4.78, 5) is 11.9. The highest BCUT2D eigenvalue weighted by atomic mass is 127. The molecule has 0 bridgehead atoms. The van der Waals surface area contributed by atoms with Gasteiger partial charge in [0.15, 0.2) is 0 Å². The number of esters is 1. The van der Waals surface area contributed by atoms with Gasteiger partial charge in [0.1, 0.15) is 6.10 Å². The molecule has 0 aromatic heterocycles. The second kappa shape index (κ2) is 23.9. The van der Waals surface area contributed by atoms with Crippen molar-refractivity contribution in [3.8, 4) is 0 Å². The molecule has 0 aliphatic carbocycles. The summed E-state index contributed by atoms with van der Waals surface area (Å²) in [5.41, 5.74) is 0. The number of halogens is 1. The van der Waals surface area contributed by atoms with Gasteiger partial charge in [-0.25, -0.2) is 0 Å². The van der Waals surface area contributed by atoms with E-state index in [2.05, 4.69) is 43.4 Å². The van der Waals surface area contributed by atoms with Gasteiger partial charge in [-0.1, -0.05) is 152 Å². The lowest BCUT2D eigenvalue weighted by atomic mass is 10.0. The molecule has 0 aliphatic heterocycles. The molecule has 0 aliphatic rings. The average molecular weight is 537 g/mol. The number of alkyl halides is 1. The van der Waals surface area contributed by atoms with Crippen molar-refractivity contribution in [1.82, 2.24) is 0 Å². The third-order valence-corrected chi connectivity index (χ3v) is 6.98. The molecule has 2 unspecified atom stereocenters. The molecule has 2 nitrogen and oxygen atoms in total. The molecule has 0 radical (unpaired) electrons. The Morgan fingerprint density at radius 1 is 0.633 bits per heavy atom.